The fraction of sp³-hybridized carbons (Fsp3) is 0.438. The topological polar surface area (TPSA) is 98.7 Å². The Morgan fingerprint density at radius 3 is 2.48 bits per heavy atom. The van der Waals surface area contributed by atoms with Crippen LogP contribution in [0.4, 0.5) is 18.0 Å². The molecule has 0 saturated carbocycles. The molecule has 0 aromatic heterocycles. The predicted molar refractivity (Wildman–Crippen MR) is 88.9 cm³/mol. The van der Waals surface area contributed by atoms with Crippen LogP contribution < -0.4 is 10.6 Å². The number of hydrogen-bond acceptors (Lipinski definition) is 4. The molecule has 1 heterocycles. The summed E-state index contributed by atoms with van der Waals surface area (Å²) >= 11 is 5.77. The minimum absolute atomic E-state index is 0.151. The van der Waals surface area contributed by atoms with Gasteiger partial charge in [0.2, 0.25) is 11.8 Å². The second-order valence-electron chi connectivity index (χ2n) is 6.00. The molecule has 4 amide bonds. The van der Waals surface area contributed by atoms with Gasteiger partial charge in [0, 0.05) is 11.6 Å². The van der Waals surface area contributed by atoms with Crippen LogP contribution in [0.25, 0.3) is 0 Å². The van der Waals surface area contributed by atoms with E-state index in [1.807, 2.05) is 5.32 Å². The second-order valence-corrected chi connectivity index (χ2v) is 6.43. The Balaban J connectivity index is 2.12. The molecule has 1 aliphatic rings. The van der Waals surface area contributed by atoms with Crippen LogP contribution in [-0.4, -0.2) is 59.3 Å². The third-order valence-electron chi connectivity index (χ3n) is 3.91. The summed E-state index contributed by atoms with van der Waals surface area (Å²) in [5, 5.41) is 14.0. The zero-order valence-electron chi connectivity index (χ0n) is 13.9. The van der Waals surface area contributed by atoms with E-state index < -0.39 is 49.1 Å². The van der Waals surface area contributed by atoms with Crippen molar-refractivity contribution in [1.82, 2.24) is 15.5 Å². The van der Waals surface area contributed by atoms with E-state index in [1.54, 1.807) is 24.3 Å². The minimum Gasteiger partial charge on any atom is -0.382 e. The normalized spacial score (nSPS) is 18.5. The summed E-state index contributed by atoms with van der Waals surface area (Å²) in [6.45, 7) is -1.16. The molecular formula is C16H17ClF3N3O4. The van der Waals surface area contributed by atoms with Gasteiger partial charge in [0.05, 0.1) is 13.0 Å². The van der Waals surface area contributed by atoms with Crippen LogP contribution >= 0.6 is 11.6 Å². The second kappa shape index (κ2) is 8.57. The summed E-state index contributed by atoms with van der Waals surface area (Å²) in [4.78, 5) is 36.1. The van der Waals surface area contributed by atoms with Gasteiger partial charge in [-0.05, 0) is 24.1 Å². The number of imide groups is 1. The number of amides is 4. The van der Waals surface area contributed by atoms with Crippen LogP contribution in [0.2, 0.25) is 5.02 Å². The minimum atomic E-state index is -4.91. The molecule has 0 aliphatic carbocycles. The number of aliphatic hydroxyl groups excluding tert-OH is 1. The van der Waals surface area contributed by atoms with Gasteiger partial charge in [-0.15, -0.1) is 0 Å². The molecule has 0 radical (unpaired) electrons. The van der Waals surface area contributed by atoms with Crippen LogP contribution in [-0.2, 0) is 16.0 Å². The van der Waals surface area contributed by atoms with Crippen molar-refractivity contribution < 1.29 is 32.7 Å². The van der Waals surface area contributed by atoms with E-state index in [1.165, 1.54) is 0 Å². The van der Waals surface area contributed by atoms with Crippen molar-refractivity contribution in [1.29, 1.82) is 0 Å². The van der Waals surface area contributed by atoms with Gasteiger partial charge in [-0.1, -0.05) is 23.7 Å². The Bertz CT molecular complexity index is 696. The lowest BCUT2D eigenvalue weighted by Gasteiger charge is -2.31. The van der Waals surface area contributed by atoms with E-state index in [4.69, 9.17) is 11.6 Å². The number of carbonyl (C=O) groups excluding carboxylic acids is 3. The fourth-order valence-corrected chi connectivity index (χ4v) is 2.62. The van der Waals surface area contributed by atoms with E-state index in [2.05, 4.69) is 5.32 Å². The summed E-state index contributed by atoms with van der Waals surface area (Å²) in [5.74, 6) is -1.60. The standard InChI is InChI=1S/C16H17ClF3N3O4/c17-10-3-1-9(2-4-10)5-6-23(8-12(24)16(18,19)20)14(26)11-7-13(25)22-15(27)21-11/h1-4,11-12,24H,5-8H2,(H2,21,22,25,27)/t11-,12?/m0/s1. The number of alkyl halides is 3. The van der Waals surface area contributed by atoms with Crippen LogP contribution in [0, 0.1) is 0 Å². The van der Waals surface area contributed by atoms with E-state index in [0.29, 0.717) is 10.6 Å². The smallest absolute Gasteiger partial charge is 0.382 e. The Labute approximate surface area is 157 Å². The molecule has 11 heteroatoms. The van der Waals surface area contributed by atoms with Gasteiger partial charge in [0.1, 0.15) is 6.04 Å². The Morgan fingerprint density at radius 2 is 1.93 bits per heavy atom. The summed E-state index contributed by atoms with van der Waals surface area (Å²) in [6, 6.07) is 4.30. The molecule has 1 aromatic rings. The average molecular weight is 408 g/mol. The molecule has 1 saturated heterocycles. The molecule has 0 spiro atoms. The summed E-state index contributed by atoms with van der Waals surface area (Å²) in [5.41, 5.74) is 0.712. The van der Waals surface area contributed by atoms with Crippen LogP contribution in [0.15, 0.2) is 24.3 Å². The Hall–Kier alpha value is -2.33. The molecule has 1 unspecified atom stereocenters. The van der Waals surface area contributed by atoms with Crippen molar-refractivity contribution in [2.45, 2.75) is 31.2 Å². The van der Waals surface area contributed by atoms with Gasteiger partial charge in [-0.2, -0.15) is 13.2 Å². The van der Waals surface area contributed by atoms with Gasteiger partial charge in [-0.3, -0.25) is 14.9 Å². The number of nitrogens with zero attached hydrogens (tertiary/aromatic N) is 1. The number of aliphatic hydroxyl groups is 1. The third kappa shape index (κ3) is 6.10. The fourth-order valence-electron chi connectivity index (χ4n) is 2.50. The SMILES string of the molecule is O=C1C[C@@H](C(=O)N(CCc2ccc(Cl)cc2)CC(O)C(F)(F)F)NC(=O)N1. The zero-order valence-corrected chi connectivity index (χ0v) is 14.7. The largest absolute Gasteiger partial charge is 0.416 e. The van der Waals surface area contributed by atoms with Gasteiger partial charge < -0.3 is 15.3 Å². The maximum absolute atomic E-state index is 12.7. The lowest BCUT2D eigenvalue weighted by atomic mass is 10.1. The van der Waals surface area contributed by atoms with Crippen molar-refractivity contribution >= 4 is 29.4 Å². The van der Waals surface area contributed by atoms with Crippen molar-refractivity contribution in [2.75, 3.05) is 13.1 Å². The lowest BCUT2D eigenvalue weighted by Crippen LogP contribution is -2.59. The molecule has 2 atom stereocenters. The first-order valence-corrected chi connectivity index (χ1v) is 8.32. The highest BCUT2D eigenvalue weighted by atomic mass is 35.5. The highest BCUT2D eigenvalue weighted by Crippen LogP contribution is 2.21. The molecule has 7 nitrogen and oxygen atoms in total. The molecule has 0 bridgehead atoms. The predicted octanol–water partition coefficient (Wildman–Crippen LogP) is 1.23. The average Bonchev–Trinajstić information content (AvgIpc) is 2.57. The molecule has 148 valence electrons. The van der Waals surface area contributed by atoms with Gasteiger partial charge in [-0.25, -0.2) is 4.79 Å². The van der Waals surface area contributed by atoms with Gasteiger partial charge in [0.25, 0.3) is 0 Å². The maximum atomic E-state index is 12.7. The maximum Gasteiger partial charge on any atom is 0.416 e. The zero-order chi connectivity index (χ0) is 20.2. The summed E-state index contributed by atoms with van der Waals surface area (Å²) < 4.78 is 38.1. The number of urea groups is 1. The lowest BCUT2D eigenvalue weighted by molar-refractivity contribution is -0.208. The summed E-state index contributed by atoms with van der Waals surface area (Å²) in [7, 11) is 0. The highest BCUT2D eigenvalue weighted by Gasteiger charge is 2.41. The molecule has 2 rings (SSSR count). The quantitative estimate of drug-likeness (QED) is 0.660. The molecular weight excluding hydrogens is 391 g/mol. The van der Waals surface area contributed by atoms with E-state index in [-0.39, 0.29) is 13.0 Å². The molecule has 1 fully saturated rings. The molecule has 1 aromatic carbocycles. The number of carbonyl (C=O) groups is 3. The number of nitrogens with one attached hydrogen (secondary N) is 2. The van der Waals surface area contributed by atoms with Crippen LogP contribution in [0.1, 0.15) is 12.0 Å². The van der Waals surface area contributed by atoms with E-state index >= 15 is 0 Å². The molecule has 1 aliphatic heterocycles. The highest BCUT2D eigenvalue weighted by molar-refractivity contribution is 6.30. The van der Waals surface area contributed by atoms with Crippen molar-refractivity contribution in [3.05, 3.63) is 34.9 Å². The number of hydrogen-bond donors (Lipinski definition) is 3. The molecule has 27 heavy (non-hydrogen) atoms. The van der Waals surface area contributed by atoms with Gasteiger partial charge in [0.15, 0.2) is 6.10 Å². The first kappa shape index (κ1) is 21.0. The monoisotopic (exact) mass is 407 g/mol. The van der Waals surface area contributed by atoms with Crippen LogP contribution in [0.5, 0.6) is 0 Å². The summed E-state index contributed by atoms with van der Waals surface area (Å²) in [6.07, 6.45) is -7.86. The Morgan fingerprint density at radius 1 is 1.30 bits per heavy atom. The number of rotatable bonds is 6. The van der Waals surface area contributed by atoms with Crippen molar-refractivity contribution in [3.63, 3.8) is 0 Å². The first-order chi connectivity index (χ1) is 12.6. The van der Waals surface area contributed by atoms with Crippen molar-refractivity contribution in [2.24, 2.45) is 0 Å². The van der Waals surface area contributed by atoms with E-state index in [9.17, 15) is 32.7 Å². The number of benzene rings is 1. The Kier molecular flexibility index (Phi) is 6.66. The number of halogens is 4. The third-order valence-corrected chi connectivity index (χ3v) is 4.16. The van der Waals surface area contributed by atoms with Gasteiger partial charge >= 0.3 is 12.2 Å². The molecule has 3 N–H and O–H groups in total. The van der Waals surface area contributed by atoms with E-state index in [0.717, 1.165) is 4.90 Å². The first-order valence-electron chi connectivity index (χ1n) is 7.94. The van der Waals surface area contributed by atoms with Crippen molar-refractivity contribution in [3.8, 4) is 0 Å². The van der Waals surface area contributed by atoms with Crippen LogP contribution in [0.3, 0.4) is 0 Å².